The van der Waals surface area contributed by atoms with Gasteiger partial charge in [0.1, 0.15) is 0 Å². The zero-order valence-electron chi connectivity index (χ0n) is 10.9. The van der Waals surface area contributed by atoms with Gasteiger partial charge in [-0.25, -0.2) is 0 Å². The van der Waals surface area contributed by atoms with Gasteiger partial charge in [-0.1, -0.05) is 13.8 Å². The molecule has 0 radical (unpaired) electrons. The molecule has 2 fully saturated rings. The molecule has 0 spiro atoms. The summed E-state index contributed by atoms with van der Waals surface area (Å²) in [5, 5.41) is 3.36. The van der Waals surface area contributed by atoms with Crippen LogP contribution in [0.1, 0.15) is 33.1 Å². The Morgan fingerprint density at radius 1 is 1.41 bits per heavy atom. The molecule has 2 saturated heterocycles. The second-order valence-electron chi connectivity index (χ2n) is 5.04. The standard InChI is InChI=1S/C13H24N2O2/c1-3-10-6-5-7-15(10)13(16)11-8-17-9-12(11)14-4-2/h10-12,14H,3-9H2,1-2H3. The molecule has 2 heterocycles. The van der Waals surface area contributed by atoms with Crippen LogP contribution < -0.4 is 5.32 Å². The highest BCUT2D eigenvalue weighted by Crippen LogP contribution is 2.25. The first-order valence-electron chi connectivity index (χ1n) is 6.89. The van der Waals surface area contributed by atoms with E-state index >= 15 is 0 Å². The zero-order chi connectivity index (χ0) is 12.3. The molecule has 1 N–H and O–H groups in total. The summed E-state index contributed by atoms with van der Waals surface area (Å²) in [5.74, 6) is 0.333. The average molecular weight is 240 g/mol. The van der Waals surface area contributed by atoms with Gasteiger partial charge in [0.15, 0.2) is 0 Å². The first-order chi connectivity index (χ1) is 8.27. The van der Waals surface area contributed by atoms with Gasteiger partial charge in [-0.2, -0.15) is 0 Å². The summed E-state index contributed by atoms with van der Waals surface area (Å²) >= 11 is 0. The Kier molecular flexibility index (Phi) is 4.40. The van der Waals surface area contributed by atoms with Gasteiger partial charge in [0, 0.05) is 18.6 Å². The van der Waals surface area contributed by atoms with Gasteiger partial charge in [-0.15, -0.1) is 0 Å². The van der Waals surface area contributed by atoms with Crippen LogP contribution in [0.2, 0.25) is 0 Å². The quantitative estimate of drug-likeness (QED) is 0.797. The lowest BCUT2D eigenvalue weighted by Crippen LogP contribution is -2.47. The molecule has 4 heteroatoms. The molecular weight excluding hydrogens is 216 g/mol. The average Bonchev–Trinajstić information content (AvgIpc) is 2.96. The van der Waals surface area contributed by atoms with Crippen molar-refractivity contribution in [2.75, 3.05) is 26.3 Å². The number of carbonyl (C=O) groups is 1. The Balaban J connectivity index is 1.98. The van der Waals surface area contributed by atoms with Crippen LogP contribution in [-0.2, 0) is 9.53 Å². The van der Waals surface area contributed by atoms with Crippen LogP contribution in [-0.4, -0.2) is 49.2 Å². The maximum atomic E-state index is 12.5. The molecule has 0 aromatic carbocycles. The fourth-order valence-corrected chi connectivity index (χ4v) is 3.02. The van der Waals surface area contributed by atoms with Gasteiger partial charge in [-0.3, -0.25) is 4.79 Å². The van der Waals surface area contributed by atoms with Crippen LogP contribution in [0, 0.1) is 5.92 Å². The van der Waals surface area contributed by atoms with Crippen molar-refractivity contribution >= 4 is 5.91 Å². The lowest BCUT2D eigenvalue weighted by Gasteiger charge is -2.28. The van der Waals surface area contributed by atoms with E-state index < -0.39 is 0 Å². The molecule has 0 bridgehead atoms. The molecule has 98 valence electrons. The first kappa shape index (κ1) is 12.8. The van der Waals surface area contributed by atoms with Crippen LogP contribution in [0.15, 0.2) is 0 Å². The first-order valence-corrected chi connectivity index (χ1v) is 6.89. The molecule has 0 saturated carbocycles. The summed E-state index contributed by atoms with van der Waals surface area (Å²) in [6.07, 6.45) is 3.40. The number of hydrogen-bond acceptors (Lipinski definition) is 3. The molecule has 2 aliphatic rings. The number of nitrogens with one attached hydrogen (secondary N) is 1. The summed E-state index contributed by atoms with van der Waals surface area (Å²) in [6.45, 7) is 7.34. The van der Waals surface area contributed by atoms with Crippen LogP contribution in [0.3, 0.4) is 0 Å². The summed E-state index contributed by atoms with van der Waals surface area (Å²) in [6, 6.07) is 0.677. The fourth-order valence-electron chi connectivity index (χ4n) is 3.02. The van der Waals surface area contributed by atoms with Crippen molar-refractivity contribution < 1.29 is 9.53 Å². The SMILES string of the molecule is CCNC1COCC1C(=O)N1CCCC1CC. The Morgan fingerprint density at radius 3 is 2.94 bits per heavy atom. The maximum absolute atomic E-state index is 12.5. The third-order valence-electron chi connectivity index (χ3n) is 4.00. The monoisotopic (exact) mass is 240 g/mol. The molecule has 2 aliphatic heterocycles. The van der Waals surface area contributed by atoms with Gasteiger partial charge >= 0.3 is 0 Å². The Morgan fingerprint density at radius 2 is 2.24 bits per heavy atom. The number of nitrogens with zero attached hydrogens (tertiary/aromatic N) is 1. The molecule has 0 aliphatic carbocycles. The zero-order valence-corrected chi connectivity index (χ0v) is 10.9. The maximum Gasteiger partial charge on any atom is 0.229 e. The number of hydrogen-bond donors (Lipinski definition) is 1. The third-order valence-corrected chi connectivity index (χ3v) is 4.00. The van der Waals surface area contributed by atoms with E-state index in [1.807, 2.05) is 0 Å². The second kappa shape index (κ2) is 5.83. The van der Waals surface area contributed by atoms with Crippen LogP contribution >= 0.6 is 0 Å². The topological polar surface area (TPSA) is 41.6 Å². The minimum atomic E-state index is 0.0297. The molecule has 4 nitrogen and oxygen atoms in total. The van der Waals surface area contributed by atoms with Crippen LogP contribution in [0.4, 0.5) is 0 Å². The molecular formula is C13H24N2O2. The highest BCUT2D eigenvalue weighted by molar-refractivity contribution is 5.80. The van der Waals surface area contributed by atoms with Crippen molar-refractivity contribution in [2.45, 2.75) is 45.2 Å². The molecule has 0 aromatic heterocycles. The van der Waals surface area contributed by atoms with E-state index in [1.165, 1.54) is 6.42 Å². The molecule has 0 aromatic rings. The van der Waals surface area contributed by atoms with E-state index in [9.17, 15) is 4.79 Å². The van der Waals surface area contributed by atoms with Crippen molar-refractivity contribution in [3.63, 3.8) is 0 Å². The second-order valence-corrected chi connectivity index (χ2v) is 5.04. The molecule has 2 rings (SSSR count). The van der Waals surface area contributed by atoms with Gasteiger partial charge in [0.05, 0.1) is 19.1 Å². The minimum Gasteiger partial charge on any atom is -0.379 e. The van der Waals surface area contributed by atoms with Crippen molar-refractivity contribution in [1.82, 2.24) is 10.2 Å². The number of ether oxygens (including phenoxy) is 1. The Hall–Kier alpha value is -0.610. The Bertz CT molecular complexity index is 270. The molecule has 1 amide bonds. The molecule has 17 heavy (non-hydrogen) atoms. The number of carbonyl (C=O) groups excluding carboxylic acids is 1. The Labute approximate surface area is 104 Å². The van der Waals surface area contributed by atoms with E-state index in [4.69, 9.17) is 4.74 Å². The van der Waals surface area contributed by atoms with Crippen molar-refractivity contribution in [1.29, 1.82) is 0 Å². The van der Waals surface area contributed by atoms with Gasteiger partial charge in [0.25, 0.3) is 0 Å². The number of rotatable bonds is 4. The van der Waals surface area contributed by atoms with Gasteiger partial charge in [0.2, 0.25) is 5.91 Å². The van der Waals surface area contributed by atoms with E-state index in [0.717, 1.165) is 25.9 Å². The van der Waals surface area contributed by atoms with Crippen molar-refractivity contribution in [2.24, 2.45) is 5.92 Å². The van der Waals surface area contributed by atoms with Crippen molar-refractivity contribution in [3.05, 3.63) is 0 Å². The predicted molar refractivity (Wildman–Crippen MR) is 66.8 cm³/mol. The van der Waals surface area contributed by atoms with Gasteiger partial charge in [-0.05, 0) is 25.8 Å². The fraction of sp³-hybridized carbons (Fsp3) is 0.923. The minimum absolute atomic E-state index is 0.0297. The van der Waals surface area contributed by atoms with E-state index in [-0.39, 0.29) is 12.0 Å². The highest BCUT2D eigenvalue weighted by Gasteiger charge is 2.39. The van der Waals surface area contributed by atoms with Crippen LogP contribution in [0.5, 0.6) is 0 Å². The normalized spacial score (nSPS) is 33.3. The lowest BCUT2D eigenvalue weighted by atomic mass is 10.0. The summed E-state index contributed by atoms with van der Waals surface area (Å²) in [7, 11) is 0. The smallest absolute Gasteiger partial charge is 0.229 e. The van der Waals surface area contributed by atoms with E-state index in [2.05, 4.69) is 24.1 Å². The third kappa shape index (κ3) is 2.63. The summed E-state index contributed by atoms with van der Waals surface area (Å²) in [5.41, 5.74) is 0. The highest BCUT2D eigenvalue weighted by atomic mass is 16.5. The summed E-state index contributed by atoms with van der Waals surface area (Å²) in [4.78, 5) is 14.6. The van der Waals surface area contributed by atoms with Crippen molar-refractivity contribution in [3.8, 4) is 0 Å². The lowest BCUT2D eigenvalue weighted by molar-refractivity contribution is -0.136. The largest absolute Gasteiger partial charge is 0.379 e. The summed E-state index contributed by atoms with van der Waals surface area (Å²) < 4.78 is 5.46. The molecule has 3 atom stereocenters. The van der Waals surface area contributed by atoms with E-state index in [0.29, 0.717) is 25.2 Å². The van der Waals surface area contributed by atoms with E-state index in [1.54, 1.807) is 0 Å². The predicted octanol–water partition coefficient (Wildman–Crippen LogP) is 1.01. The number of likely N-dealkylation sites (tertiary alicyclic amines) is 1. The molecule has 3 unspecified atom stereocenters. The number of amides is 1. The van der Waals surface area contributed by atoms with Gasteiger partial charge < -0.3 is 15.0 Å². The number of likely N-dealkylation sites (N-methyl/N-ethyl adjacent to an activating group) is 1. The van der Waals surface area contributed by atoms with Crippen LogP contribution in [0.25, 0.3) is 0 Å².